The largest absolute Gasteiger partial charge is 0.269 e. The van der Waals surface area contributed by atoms with E-state index in [4.69, 9.17) is 5.26 Å². The van der Waals surface area contributed by atoms with Crippen molar-refractivity contribution >= 4 is 11.8 Å². The van der Waals surface area contributed by atoms with Gasteiger partial charge in [0.2, 0.25) is 0 Å². The summed E-state index contributed by atoms with van der Waals surface area (Å²) in [5, 5.41) is 9.15. The Labute approximate surface area is 94.5 Å². The number of carbonyl (C=O) groups is 2. The number of carbonyl (C=O) groups excluding carboxylic acids is 2. The van der Waals surface area contributed by atoms with E-state index in [1.165, 1.54) is 18.6 Å². The van der Waals surface area contributed by atoms with Crippen molar-refractivity contribution < 1.29 is 9.59 Å². The summed E-state index contributed by atoms with van der Waals surface area (Å²) >= 11 is 0. The van der Waals surface area contributed by atoms with Crippen LogP contribution < -0.4 is 0 Å². The van der Waals surface area contributed by atoms with Gasteiger partial charge < -0.3 is 0 Å². The number of nitriles is 1. The van der Waals surface area contributed by atoms with Crippen LogP contribution in [-0.2, 0) is 9.59 Å². The van der Waals surface area contributed by atoms with Crippen LogP contribution in [-0.4, -0.2) is 22.8 Å². The van der Waals surface area contributed by atoms with Gasteiger partial charge in [-0.3, -0.25) is 14.5 Å². The smallest absolute Gasteiger partial charge is 0.254 e. The first kappa shape index (κ1) is 10.9. The molecule has 0 bridgehead atoms. The summed E-state index contributed by atoms with van der Waals surface area (Å²) in [6.07, 6.45) is 7.74. The summed E-state index contributed by atoms with van der Waals surface area (Å²) in [4.78, 5) is 24.1. The van der Waals surface area contributed by atoms with E-state index in [0.717, 1.165) is 30.6 Å². The van der Waals surface area contributed by atoms with Gasteiger partial charge in [-0.2, -0.15) is 5.26 Å². The Hall–Kier alpha value is -1.63. The lowest BCUT2D eigenvalue weighted by Crippen LogP contribution is -2.44. The molecule has 2 rings (SSSR count). The van der Waals surface area contributed by atoms with Gasteiger partial charge in [-0.05, 0) is 18.8 Å². The molecule has 0 radical (unpaired) electrons. The second-order valence-electron chi connectivity index (χ2n) is 4.35. The van der Waals surface area contributed by atoms with E-state index in [9.17, 15) is 9.59 Å². The van der Waals surface area contributed by atoms with Gasteiger partial charge in [-0.1, -0.05) is 19.3 Å². The lowest BCUT2D eigenvalue weighted by Gasteiger charge is -2.30. The molecule has 2 aliphatic rings. The van der Waals surface area contributed by atoms with Gasteiger partial charge in [0.25, 0.3) is 11.8 Å². The van der Waals surface area contributed by atoms with Crippen molar-refractivity contribution in [1.29, 1.82) is 5.26 Å². The van der Waals surface area contributed by atoms with Gasteiger partial charge in [0, 0.05) is 12.2 Å². The van der Waals surface area contributed by atoms with Crippen LogP contribution in [0.1, 0.15) is 32.1 Å². The summed E-state index contributed by atoms with van der Waals surface area (Å²) < 4.78 is 0. The minimum atomic E-state index is -0.574. The quantitative estimate of drug-likeness (QED) is 0.658. The molecular weight excluding hydrogens is 204 g/mol. The number of amides is 2. The maximum atomic E-state index is 11.5. The van der Waals surface area contributed by atoms with Crippen LogP contribution in [0, 0.1) is 17.2 Å². The Kier molecular flexibility index (Phi) is 3.04. The topological polar surface area (TPSA) is 61.2 Å². The highest BCUT2D eigenvalue weighted by molar-refractivity contribution is 6.13. The van der Waals surface area contributed by atoms with E-state index in [0.29, 0.717) is 0 Å². The molecule has 4 heteroatoms. The fourth-order valence-corrected chi connectivity index (χ4v) is 2.51. The third kappa shape index (κ3) is 1.85. The third-order valence-corrected chi connectivity index (χ3v) is 3.35. The van der Waals surface area contributed by atoms with Gasteiger partial charge in [0.15, 0.2) is 0 Å². The Bertz CT molecular complexity index is 357. The van der Waals surface area contributed by atoms with Crippen LogP contribution in [0.15, 0.2) is 12.2 Å². The minimum Gasteiger partial charge on any atom is -0.269 e. The molecule has 0 aromatic carbocycles. The molecule has 0 spiro atoms. The Morgan fingerprint density at radius 2 is 1.75 bits per heavy atom. The van der Waals surface area contributed by atoms with Gasteiger partial charge in [-0.25, -0.2) is 0 Å². The van der Waals surface area contributed by atoms with Crippen molar-refractivity contribution in [3.8, 4) is 6.07 Å². The van der Waals surface area contributed by atoms with E-state index >= 15 is 0 Å². The first-order valence-corrected chi connectivity index (χ1v) is 5.69. The lowest BCUT2D eigenvalue weighted by atomic mass is 9.84. The molecular formula is C12H14N2O2. The second-order valence-corrected chi connectivity index (χ2v) is 4.35. The van der Waals surface area contributed by atoms with Crippen molar-refractivity contribution in [2.75, 3.05) is 0 Å². The van der Waals surface area contributed by atoms with Crippen molar-refractivity contribution in [2.24, 2.45) is 5.92 Å². The van der Waals surface area contributed by atoms with E-state index in [1.807, 2.05) is 0 Å². The third-order valence-electron chi connectivity index (χ3n) is 3.35. The normalized spacial score (nSPS) is 23.6. The predicted molar refractivity (Wildman–Crippen MR) is 57.0 cm³/mol. The molecule has 1 aliphatic carbocycles. The highest BCUT2D eigenvalue weighted by atomic mass is 16.2. The zero-order chi connectivity index (χ0) is 11.5. The van der Waals surface area contributed by atoms with Crippen molar-refractivity contribution in [3.05, 3.63) is 12.2 Å². The Balaban J connectivity index is 2.13. The molecule has 0 saturated heterocycles. The highest BCUT2D eigenvalue weighted by Gasteiger charge is 2.36. The maximum absolute atomic E-state index is 11.5. The average Bonchev–Trinajstić information content (AvgIpc) is 2.63. The fraction of sp³-hybridized carbons (Fsp3) is 0.583. The van der Waals surface area contributed by atoms with Crippen LogP contribution in [0.25, 0.3) is 0 Å². The lowest BCUT2D eigenvalue weighted by molar-refractivity contribution is -0.139. The van der Waals surface area contributed by atoms with Crippen LogP contribution >= 0.6 is 0 Å². The number of rotatable bonds is 2. The standard InChI is InChI=1S/C12H14N2O2/c13-8-10(9-4-2-1-3-5-9)14-11(15)6-7-12(14)16/h6-7,9-10H,1-5H2. The molecule has 0 N–H and O–H groups in total. The van der Waals surface area contributed by atoms with Crippen molar-refractivity contribution in [1.82, 2.24) is 4.90 Å². The van der Waals surface area contributed by atoms with E-state index in [1.54, 1.807) is 0 Å². The molecule has 1 aliphatic heterocycles. The summed E-state index contributed by atoms with van der Waals surface area (Å²) in [5.41, 5.74) is 0. The zero-order valence-electron chi connectivity index (χ0n) is 9.06. The van der Waals surface area contributed by atoms with E-state index in [-0.39, 0.29) is 17.7 Å². The molecule has 1 fully saturated rings. The van der Waals surface area contributed by atoms with Gasteiger partial charge >= 0.3 is 0 Å². The average molecular weight is 218 g/mol. The molecule has 1 saturated carbocycles. The molecule has 1 unspecified atom stereocenters. The maximum Gasteiger partial charge on any atom is 0.254 e. The highest BCUT2D eigenvalue weighted by Crippen LogP contribution is 2.29. The second kappa shape index (κ2) is 4.48. The molecule has 16 heavy (non-hydrogen) atoms. The first-order valence-electron chi connectivity index (χ1n) is 5.69. The summed E-state index contributed by atoms with van der Waals surface area (Å²) in [6, 6.07) is 1.54. The summed E-state index contributed by atoms with van der Waals surface area (Å²) in [5.74, 6) is -0.532. The monoisotopic (exact) mass is 218 g/mol. The molecule has 2 amide bonds. The van der Waals surface area contributed by atoms with E-state index < -0.39 is 6.04 Å². The molecule has 1 atom stereocenters. The first-order chi connectivity index (χ1) is 7.74. The number of hydrogen-bond donors (Lipinski definition) is 0. The molecule has 0 aromatic rings. The van der Waals surface area contributed by atoms with Crippen LogP contribution in [0.2, 0.25) is 0 Å². The van der Waals surface area contributed by atoms with Gasteiger partial charge in [0.1, 0.15) is 6.04 Å². The summed E-state index contributed by atoms with van der Waals surface area (Å²) in [6.45, 7) is 0. The van der Waals surface area contributed by atoms with Crippen LogP contribution in [0.3, 0.4) is 0 Å². The molecule has 0 aromatic heterocycles. The van der Waals surface area contributed by atoms with Crippen LogP contribution in [0.5, 0.6) is 0 Å². The minimum absolute atomic E-state index is 0.159. The predicted octanol–water partition coefficient (Wildman–Crippen LogP) is 1.38. The van der Waals surface area contributed by atoms with Gasteiger partial charge in [0.05, 0.1) is 6.07 Å². The van der Waals surface area contributed by atoms with Crippen molar-refractivity contribution in [2.45, 2.75) is 38.1 Å². The number of imide groups is 1. The molecule has 4 nitrogen and oxygen atoms in total. The van der Waals surface area contributed by atoms with E-state index in [2.05, 4.69) is 6.07 Å². The van der Waals surface area contributed by atoms with Crippen LogP contribution in [0.4, 0.5) is 0 Å². The molecule has 1 heterocycles. The van der Waals surface area contributed by atoms with Gasteiger partial charge in [-0.15, -0.1) is 0 Å². The van der Waals surface area contributed by atoms with Crippen molar-refractivity contribution in [3.63, 3.8) is 0 Å². The molecule has 84 valence electrons. The fourth-order valence-electron chi connectivity index (χ4n) is 2.51. The zero-order valence-corrected chi connectivity index (χ0v) is 9.06. The Morgan fingerprint density at radius 1 is 1.19 bits per heavy atom. The summed E-state index contributed by atoms with van der Waals surface area (Å²) in [7, 11) is 0. The Morgan fingerprint density at radius 3 is 2.25 bits per heavy atom. The SMILES string of the molecule is N#CC(C1CCCCC1)N1C(=O)C=CC1=O. The number of nitrogens with zero attached hydrogens (tertiary/aromatic N) is 2. The number of hydrogen-bond acceptors (Lipinski definition) is 3.